The molecule has 4 heteroatoms. The second-order valence-corrected chi connectivity index (χ2v) is 4.63. The summed E-state index contributed by atoms with van der Waals surface area (Å²) in [5.74, 6) is -0.311. The Hall–Kier alpha value is -1.58. The third-order valence-electron chi connectivity index (χ3n) is 3.28. The van der Waals surface area contributed by atoms with Gasteiger partial charge in [0.25, 0.3) is 0 Å². The highest BCUT2D eigenvalue weighted by Crippen LogP contribution is 2.25. The van der Waals surface area contributed by atoms with E-state index in [1.165, 1.54) is 0 Å². The van der Waals surface area contributed by atoms with Crippen molar-refractivity contribution in [2.24, 2.45) is 0 Å². The summed E-state index contributed by atoms with van der Waals surface area (Å²) in [5, 5.41) is 9.37. The number of pyridine rings is 1. The standard InChI is InChI=1S/C14H22N2O2/c1-6-11(5)16(7-2)13-12(14(17)18)9(3)8-10(4)15-13/h8,11H,6-7H2,1-5H3,(H,17,18). The molecule has 1 heterocycles. The van der Waals surface area contributed by atoms with Gasteiger partial charge in [0.15, 0.2) is 0 Å². The van der Waals surface area contributed by atoms with E-state index in [2.05, 4.69) is 23.7 Å². The first-order valence-electron chi connectivity index (χ1n) is 6.40. The molecule has 18 heavy (non-hydrogen) atoms. The maximum absolute atomic E-state index is 11.4. The van der Waals surface area contributed by atoms with Crippen LogP contribution in [0.25, 0.3) is 0 Å². The normalized spacial score (nSPS) is 12.3. The van der Waals surface area contributed by atoms with Gasteiger partial charge in [0, 0.05) is 18.3 Å². The summed E-state index contributed by atoms with van der Waals surface area (Å²) in [7, 11) is 0. The molecular formula is C14H22N2O2. The second-order valence-electron chi connectivity index (χ2n) is 4.63. The monoisotopic (exact) mass is 250 g/mol. The first kappa shape index (κ1) is 14.5. The summed E-state index contributed by atoms with van der Waals surface area (Å²) in [5.41, 5.74) is 1.95. The van der Waals surface area contributed by atoms with E-state index in [1.54, 1.807) is 0 Å². The highest BCUT2D eigenvalue weighted by molar-refractivity contribution is 5.95. The van der Waals surface area contributed by atoms with Crippen molar-refractivity contribution in [3.63, 3.8) is 0 Å². The van der Waals surface area contributed by atoms with Gasteiger partial charge in [-0.05, 0) is 45.7 Å². The van der Waals surface area contributed by atoms with Crippen LogP contribution >= 0.6 is 0 Å². The van der Waals surface area contributed by atoms with Crippen molar-refractivity contribution in [3.05, 3.63) is 22.9 Å². The number of carbonyl (C=O) groups is 1. The van der Waals surface area contributed by atoms with Crippen molar-refractivity contribution < 1.29 is 9.90 Å². The van der Waals surface area contributed by atoms with Crippen LogP contribution in [0.4, 0.5) is 5.82 Å². The van der Waals surface area contributed by atoms with Crippen LogP contribution in [0.15, 0.2) is 6.07 Å². The van der Waals surface area contributed by atoms with E-state index in [0.29, 0.717) is 11.4 Å². The predicted molar refractivity (Wildman–Crippen MR) is 73.4 cm³/mol. The largest absolute Gasteiger partial charge is 0.478 e. The third-order valence-corrected chi connectivity index (χ3v) is 3.28. The Bertz CT molecular complexity index is 444. The van der Waals surface area contributed by atoms with Crippen molar-refractivity contribution in [1.82, 2.24) is 4.98 Å². The van der Waals surface area contributed by atoms with Crippen LogP contribution in [-0.4, -0.2) is 28.6 Å². The fourth-order valence-corrected chi connectivity index (χ4v) is 2.18. The molecule has 0 amide bonds. The lowest BCUT2D eigenvalue weighted by Crippen LogP contribution is -2.34. The molecule has 0 radical (unpaired) electrons. The number of carboxylic acid groups (broad SMARTS) is 1. The Labute approximate surface area is 109 Å². The summed E-state index contributed by atoms with van der Waals surface area (Å²) in [4.78, 5) is 17.9. The average molecular weight is 250 g/mol. The van der Waals surface area contributed by atoms with Gasteiger partial charge in [0.2, 0.25) is 0 Å². The lowest BCUT2D eigenvalue weighted by atomic mass is 10.1. The van der Waals surface area contributed by atoms with Gasteiger partial charge in [-0.1, -0.05) is 6.92 Å². The Morgan fingerprint density at radius 1 is 1.44 bits per heavy atom. The molecule has 0 saturated heterocycles. The van der Waals surface area contributed by atoms with Crippen LogP contribution in [0.5, 0.6) is 0 Å². The molecule has 0 saturated carbocycles. The van der Waals surface area contributed by atoms with Crippen LogP contribution in [-0.2, 0) is 0 Å². The fraction of sp³-hybridized carbons (Fsp3) is 0.571. The molecular weight excluding hydrogens is 228 g/mol. The lowest BCUT2D eigenvalue weighted by Gasteiger charge is -2.30. The predicted octanol–water partition coefficient (Wildman–Crippen LogP) is 3.02. The summed E-state index contributed by atoms with van der Waals surface area (Å²) >= 11 is 0. The minimum atomic E-state index is -0.906. The highest BCUT2D eigenvalue weighted by Gasteiger charge is 2.22. The molecule has 1 unspecified atom stereocenters. The summed E-state index contributed by atoms with van der Waals surface area (Å²) in [6, 6.07) is 2.10. The van der Waals surface area contributed by atoms with E-state index in [0.717, 1.165) is 24.2 Å². The van der Waals surface area contributed by atoms with E-state index >= 15 is 0 Å². The van der Waals surface area contributed by atoms with Gasteiger partial charge in [-0.15, -0.1) is 0 Å². The molecule has 4 nitrogen and oxygen atoms in total. The summed E-state index contributed by atoms with van der Waals surface area (Å²) in [6.45, 7) is 10.7. The molecule has 0 bridgehead atoms. The van der Waals surface area contributed by atoms with Gasteiger partial charge in [-0.3, -0.25) is 0 Å². The first-order valence-corrected chi connectivity index (χ1v) is 6.40. The number of anilines is 1. The maximum Gasteiger partial charge on any atom is 0.339 e. The smallest absolute Gasteiger partial charge is 0.339 e. The number of aromatic carboxylic acids is 1. The summed E-state index contributed by atoms with van der Waals surface area (Å²) in [6.07, 6.45) is 0.960. The molecule has 0 aliphatic carbocycles. The average Bonchev–Trinajstić information content (AvgIpc) is 2.28. The molecule has 0 aliphatic heterocycles. The second kappa shape index (κ2) is 5.85. The topological polar surface area (TPSA) is 53.4 Å². The van der Waals surface area contributed by atoms with Crippen LogP contribution in [0.2, 0.25) is 0 Å². The van der Waals surface area contributed by atoms with Gasteiger partial charge in [-0.25, -0.2) is 9.78 Å². The van der Waals surface area contributed by atoms with Gasteiger partial charge in [0.05, 0.1) is 0 Å². The number of aryl methyl sites for hydroxylation is 2. The van der Waals surface area contributed by atoms with Crippen LogP contribution < -0.4 is 4.90 Å². The molecule has 1 atom stereocenters. The van der Waals surface area contributed by atoms with E-state index in [9.17, 15) is 9.90 Å². The van der Waals surface area contributed by atoms with E-state index in [4.69, 9.17) is 0 Å². The minimum absolute atomic E-state index is 0.279. The molecule has 0 fully saturated rings. The molecule has 1 rings (SSSR count). The Morgan fingerprint density at radius 3 is 2.50 bits per heavy atom. The van der Waals surface area contributed by atoms with Gasteiger partial charge in [0.1, 0.15) is 11.4 Å². The van der Waals surface area contributed by atoms with Crippen molar-refractivity contribution in [2.75, 3.05) is 11.4 Å². The molecule has 1 N–H and O–H groups in total. The quantitative estimate of drug-likeness (QED) is 0.872. The maximum atomic E-state index is 11.4. The third kappa shape index (κ3) is 2.81. The molecule has 0 aliphatic rings. The van der Waals surface area contributed by atoms with Gasteiger partial charge < -0.3 is 10.0 Å². The Kier molecular flexibility index (Phi) is 4.70. The number of rotatable bonds is 5. The molecule has 0 aromatic carbocycles. The van der Waals surface area contributed by atoms with Crippen LogP contribution in [0.3, 0.4) is 0 Å². The van der Waals surface area contributed by atoms with Crippen molar-refractivity contribution >= 4 is 11.8 Å². The zero-order valence-corrected chi connectivity index (χ0v) is 11.8. The molecule has 1 aromatic rings. The van der Waals surface area contributed by atoms with Crippen LogP contribution in [0, 0.1) is 13.8 Å². The minimum Gasteiger partial charge on any atom is -0.478 e. The Balaban J connectivity index is 3.40. The van der Waals surface area contributed by atoms with Crippen molar-refractivity contribution in [3.8, 4) is 0 Å². The highest BCUT2D eigenvalue weighted by atomic mass is 16.4. The summed E-state index contributed by atoms with van der Waals surface area (Å²) < 4.78 is 0. The number of hydrogen-bond acceptors (Lipinski definition) is 3. The van der Waals surface area contributed by atoms with Gasteiger partial charge in [-0.2, -0.15) is 0 Å². The number of hydrogen-bond donors (Lipinski definition) is 1. The van der Waals surface area contributed by atoms with Gasteiger partial charge >= 0.3 is 5.97 Å². The van der Waals surface area contributed by atoms with E-state index < -0.39 is 5.97 Å². The zero-order valence-electron chi connectivity index (χ0n) is 11.8. The molecule has 0 spiro atoms. The zero-order chi connectivity index (χ0) is 13.9. The Morgan fingerprint density at radius 2 is 2.06 bits per heavy atom. The number of nitrogens with zero attached hydrogens (tertiary/aromatic N) is 2. The number of carboxylic acids is 1. The van der Waals surface area contributed by atoms with E-state index in [-0.39, 0.29) is 6.04 Å². The van der Waals surface area contributed by atoms with Crippen molar-refractivity contribution in [1.29, 1.82) is 0 Å². The first-order chi connectivity index (χ1) is 8.42. The molecule has 1 aromatic heterocycles. The molecule has 100 valence electrons. The fourth-order valence-electron chi connectivity index (χ4n) is 2.18. The number of aromatic nitrogens is 1. The SMILES string of the molecule is CCC(C)N(CC)c1nc(C)cc(C)c1C(=O)O. The lowest BCUT2D eigenvalue weighted by molar-refractivity contribution is 0.0696. The van der Waals surface area contributed by atoms with E-state index in [1.807, 2.05) is 26.8 Å². The van der Waals surface area contributed by atoms with Crippen LogP contribution in [0.1, 0.15) is 48.8 Å². The van der Waals surface area contributed by atoms with Crippen molar-refractivity contribution in [2.45, 2.75) is 47.1 Å².